The Balaban J connectivity index is 2.36. The molecule has 0 saturated heterocycles. The Hall–Kier alpha value is -3.37. The zero-order valence-electron chi connectivity index (χ0n) is 14.4. The van der Waals surface area contributed by atoms with E-state index in [1.165, 1.54) is 31.1 Å². The van der Waals surface area contributed by atoms with Crippen LogP contribution < -0.4 is 10.1 Å². The lowest BCUT2D eigenvalue weighted by atomic mass is 10.1. The molecular formula is C16H14F3N3O5. The Morgan fingerprint density at radius 2 is 1.89 bits per heavy atom. The van der Waals surface area contributed by atoms with Crippen molar-refractivity contribution in [1.29, 1.82) is 0 Å². The maximum atomic E-state index is 12.6. The first kappa shape index (κ1) is 19.9. The van der Waals surface area contributed by atoms with E-state index >= 15 is 0 Å². The lowest BCUT2D eigenvalue weighted by Crippen LogP contribution is -2.23. The summed E-state index contributed by atoms with van der Waals surface area (Å²) >= 11 is 0. The standard InChI is InChI=1S/C16H14F3N3O5/c1-8(23)27-11-5-4-9(14(25)22(2)3)6-10(11)13(24)21-15-20-12(7-26-15)16(17,18)19/h4-7H,1-3H3,(H,20,21,24). The van der Waals surface area contributed by atoms with E-state index in [-0.39, 0.29) is 16.9 Å². The quantitative estimate of drug-likeness (QED) is 0.641. The summed E-state index contributed by atoms with van der Waals surface area (Å²) in [5.74, 6) is -2.33. The van der Waals surface area contributed by atoms with E-state index in [4.69, 9.17) is 4.74 Å². The molecule has 1 N–H and O–H groups in total. The van der Waals surface area contributed by atoms with Gasteiger partial charge in [-0.3, -0.25) is 19.7 Å². The van der Waals surface area contributed by atoms with Gasteiger partial charge in [0.1, 0.15) is 12.0 Å². The fourth-order valence-corrected chi connectivity index (χ4v) is 1.97. The van der Waals surface area contributed by atoms with Gasteiger partial charge in [-0.25, -0.2) is 0 Å². The van der Waals surface area contributed by atoms with Crippen molar-refractivity contribution < 1.29 is 36.7 Å². The predicted molar refractivity (Wildman–Crippen MR) is 85.2 cm³/mol. The summed E-state index contributed by atoms with van der Waals surface area (Å²) in [6.07, 6.45) is -4.40. The minimum absolute atomic E-state index is 0.101. The number of hydrogen-bond donors (Lipinski definition) is 1. The molecule has 2 amide bonds. The van der Waals surface area contributed by atoms with Crippen LogP contribution in [0, 0.1) is 0 Å². The number of halogens is 3. The Labute approximate surface area is 150 Å². The molecule has 2 rings (SSSR count). The van der Waals surface area contributed by atoms with Crippen LogP contribution in [-0.4, -0.2) is 41.8 Å². The molecule has 2 aromatic rings. The molecule has 0 saturated carbocycles. The van der Waals surface area contributed by atoms with Crippen LogP contribution in [-0.2, 0) is 11.0 Å². The number of carbonyl (C=O) groups excluding carboxylic acids is 3. The molecule has 144 valence electrons. The molecule has 0 aliphatic rings. The maximum Gasteiger partial charge on any atom is 0.436 e. The molecule has 8 nitrogen and oxygen atoms in total. The number of nitrogens with zero attached hydrogens (tertiary/aromatic N) is 2. The second kappa shape index (κ2) is 7.48. The van der Waals surface area contributed by atoms with Crippen LogP contribution in [0.2, 0.25) is 0 Å². The number of ether oxygens (including phenoxy) is 1. The smallest absolute Gasteiger partial charge is 0.431 e. The van der Waals surface area contributed by atoms with Crippen molar-refractivity contribution in [3.05, 3.63) is 41.3 Å². The van der Waals surface area contributed by atoms with Crippen molar-refractivity contribution >= 4 is 23.8 Å². The van der Waals surface area contributed by atoms with Crippen molar-refractivity contribution in [1.82, 2.24) is 9.88 Å². The average Bonchev–Trinajstić information content (AvgIpc) is 3.02. The Morgan fingerprint density at radius 3 is 2.41 bits per heavy atom. The molecule has 0 atom stereocenters. The van der Waals surface area contributed by atoms with E-state index in [1.54, 1.807) is 0 Å². The van der Waals surface area contributed by atoms with E-state index < -0.39 is 35.7 Å². The molecule has 0 bridgehead atoms. The minimum atomic E-state index is -4.74. The normalized spacial score (nSPS) is 11.0. The summed E-state index contributed by atoms with van der Waals surface area (Å²) in [7, 11) is 2.99. The van der Waals surface area contributed by atoms with E-state index in [0.29, 0.717) is 6.26 Å². The van der Waals surface area contributed by atoms with E-state index in [0.717, 1.165) is 13.0 Å². The van der Waals surface area contributed by atoms with Crippen molar-refractivity contribution in [3.8, 4) is 5.75 Å². The van der Waals surface area contributed by atoms with Gasteiger partial charge in [-0.15, -0.1) is 0 Å². The Morgan fingerprint density at radius 1 is 1.22 bits per heavy atom. The number of carbonyl (C=O) groups is 3. The minimum Gasteiger partial charge on any atom is -0.431 e. The second-order valence-corrected chi connectivity index (χ2v) is 5.49. The van der Waals surface area contributed by atoms with Gasteiger partial charge >= 0.3 is 18.2 Å². The highest BCUT2D eigenvalue weighted by Crippen LogP contribution is 2.29. The number of esters is 1. The molecule has 1 aromatic heterocycles. The molecule has 11 heteroatoms. The first-order valence-electron chi connectivity index (χ1n) is 7.37. The predicted octanol–water partition coefficient (Wildman–Crippen LogP) is 2.57. The summed E-state index contributed by atoms with van der Waals surface area (Å²) in [6, 6.07) is 3.00. The van der Waals surface area contributed by atoms with Crippen LogP contribution in [0.3, 0.4) is 0 Å². The molecule has 0 aliphatic heterocycles. The molecular weight excluding hydrogens is 371 g/mol. The van der Waals surface area contributed by atoms with Crippen LogP contribution in [0.4, 0.5) is 19.2 Å². The fourth-order valence-electron chi connectivity index (χ4n) is 1.97. The molecule has 0 unspecified atom stereocenters. The summed E-state index contributed by atoms with van der Waals surface area (Å²) < 4.78 is 47.1. The van der Waals surface area contributed by atoms with E-state index in [2.05, 4.69) is 9.40 Å². The molecule has 0 fully saturated rings. The van der Waals surface area contributed by atoms with Crippen molar-refractivity contribution in [2.24, 2.45) is 0 Å². The topological polar surface area (TPSA) is 102 Å². The molecule has 0 aliphatic carbocycles. The van der Waals surface area contributed by atoms with Gasteiger partial charge in [0.05, 0.1) is 5.56 Å². The van der Waals surface area contributed by atoms with E-state index in [1.807, 2.05) is 5.32 Å². The Bertz CT molecular complexity index is 890. The lowest BCUT2D eigenvalue weighted by Gasteiger charge is -2.13. The van der Waals surface area contributed by atoms with Crippen LogP contribution in [0.15, 0.2) is 28.9 Å². The van der Waals surface area contributed by atoms with Crippen LogP contribution >= 0.6 is 0 Å². The summed E-state index contributed by atoms with van der Waals surface area (Å²) in [5.41, 5.74) is -1.48. The highest BCUT2D eigenvalue weighted by atomic mass is 19.4. The third-order valence-electron chi connectivity index (χ3n) is 3.15. The van der Waals surface area contributed by atoms with Crippen LogP contribution in [0.25, 0.3) is 0 Å². The number of oxazole rings is 1. The zero-order chi connectivity index (χ0) is 20.4. The molecule has 0 radical (unpaired) electrons. The maximum absolute atomic E-state index is 12.6. The first-order valence-corrected chi connectivity index (χ1v) is 7.37. The van der Waals surface area contributed by atoms with Gasteiger partial charge in [0.25, 0.3) is 11.8 Å². The first-order chi connectivity index (χ1) is 12.5. The number of nitrogens with one attached hydrogen (secondary N) is 1. The van der Waals surface area contributed by atoms with Gasteiger partial charge in [-0.2, -0.15) is 18.2 Å². The van der Waals surface area contributed by atoms with Crippen LogP contribution in [0.5, 0.6) is 5.75 Å². The van der Waals surface area contributed by atoms with Gasteiger partial charge in [0.2, 0.25) is 0 Å². The summed E-state index contributed by atoms with van der Waals surface area (Å²) in [5, 5.41) is 2.03. The number of hydrogen-bond acceptors (Lipinski definition) is 6. The lowest BCUT2D eigenvalue weighted by molar-refractivity contribution is -0.141. The van der Waals surface area contributed by atoms with Crippen molar-refractivity contribution in [2.75, 3.05) is 19.4 Å². The second-order valence-electron chi connectivity index (χ2n) is 5.49. The Kier molecular flexibility index (Phi) is 5.52. The zero-order valence-corrected chi connectivity index (χ0v) is 14.4. The molecule has 0 spiro atoms. The highest BCUT2D eigenvalue weighted by molar-refractivity contribution is 6.07. The third-order valence-corrected chi connectivity index (χ3v) is 3.15. The number of amides is 2. The summed E-state index contributed by atoms with van der Waals surface area (Å²) in [6.45, 7) is 1.10. The van der Waals surface area contributed by atoms with E-state index in [9.17, 15) is 27.6 Å². The van der Waals surface area contributed by atoms with Gasteiger partial charge in [0.15, 0.2) is 5.69 Å². The van der Waals surface area contributed by atoms with Crippen molar-refractivity contribution in [3.63, 3.8) is 0 Å². The van der Waals surface area contributed by atoms with Crippen LogP contribution in [0.1, 0.15) is 33.3 Å². The third kappa shape index (κ3) is 4.84. The highest BCUT2D eigenvalue weighted by Gasteiger charge is 2.35. The summed E-state index contributed by atoms with van der Waals surface area (Å²) in [4.78, 5) is 40.0. The van der Waals surface area contributed by atoms with Gasteiger partial charge in [0, 0.05) is 26.6 Å². The number of rotatable bonds is 4. The number of alkyl halides is 3. The molecule has 1 heterocycles. The molecule has 27 heavy (non-hydrogen) atoms. The number of benzene rings is 1. The number of anilines is 1. The monoisotopic (exact) mass is 385 g/mol. The van der Waals surface area contributed by atoms with Gasteiger partial charge < -0.3 is 14.1 Å². The number of aromatic nitrogens is 1. The van der Waals surface area contributed by atoms with Crippen molar-refractivity contribution in [2.45, 2.75) is 13.1 Å². The SMILES string of the molecule is CC(=O)Oc1ccc(C(=O)N(C)C)cc1C(=O)Nc1nc(C(F)(F)F)co1. The largest absolute Gasteiger partial charge is 0.436 e. The fraction of sp³-hybridized carbons (Fsp3) is 0.250. The van der Waals surface area contributed by atoms with Gasteiger partial charge in [-0.05, 0) is 18.2 Å². The molecule has 1 aromatic carbocycles. The average molecular weight is 385 g/mol. The van der Waals surface area contributed by atoms with Gasteiger partial charge in [-0.1, -0.05) is 0 Å².